The number of hydrogen-bond acceptors (Lipinski definition) is 8. The molecule has 1 unspecified atom stereocenters. The van der Waals surface area contributed by atoms with Crippen LogP contribution in [0.3, 0.4) is 0 Å². The van der Waals surface area contributed by atoms with Crippen LogP contribution in [0.4, 0.5) is 5.13 Å². The SMILES string of the molecule is CCOc1ccc(C2C(C(=O)c3ccc(C)o3)=C(O)C(=O)N2c2nc3ccc(Cl)cc3s2)cc1OCC. The maximum atomic E-state index is 13.6. The Morgan fingerprint density at radius 1 is 1.11 bits per heavy atom. The second kappa shape index (κ2) is 9.91. The number of carbonyl (C=O) groups excluding carboxylic acids is 2. The molecule has 1 amide bonds. The summed E-state index contributed by atoms with van der Waals surface area (Å²) in [5, 5.41) is 11.9. The van der Waals surface area contributed by atoms with Crippen molar-refractivity contribution in [2.45, 2.75) is 26.8 Å². The molecule has 8 nitrogen and oxygen atoms in total. The van der Waals surface area contributed by atoms with E-state index < -0.39 is 23.5 Å². The van der Waals surface area contributed by atoms with Gasteiger partial charge in [0.15, 0.2) is 28.1 Å². The van der Waals surface area contributed by atoms with Crippen LogP contribution in [0.25, 0.3) is 10.2 Å². The third kappa shape index (κ3) is 4.45. The molecule has 1 aliphatic rings. The van der Waals surface area contributed by atoms with Crippen molar-refractivity contribution >= 4 is 50.0 Å². The fraction of sp³-hybridized carbons (Fsp3) is 0.222. The molecule has 0 saturated heterocycles. The molecule has 3 heterocycles. The van der Waals surface area contributed by atoms with E-state index in [0.29, 0.717) is 51.7 Å². The standard InChI is InChI=1S/C27H23ClN2O6S/c1-4-34-18-11-7-15(12-20(18)35-5-2)23-22(24(31)19-10-6-14(3)36-19)25(32)26(33)30(23)27-29-17-9-8-16(28)13-21(17)37-27/h6-13,23,32H,4-5H2,1-3H3. The minimum atomic E-state index is -0.990. The molecular formula is C27H23ClN2O6S. The average Bonchev–Trinajstić information content (AvgIpc) is 3.56. The van der Waals surface area contributed by atoms with Crippen LogP contribution in [0.1, 0.15) is 41.8 Å². The number of benzene rings is 2. The van der Waals surface area contributed by atoms with Crippen molar-refractivity contribution in [3.63, 3.8) is 0 Å². The number of nitrogens with zero attached hydrogens (tertiary/aromatic N) is 2. The van der Waals surface area contributed by atoms with Gasteiger partial charge in [-0.3, -0.25) is 14.5 Å². The van der Waals surface area contributed by atoms with Crippen molar-refractivity contribution in [2.24, 2.45) is 0 Å². The highest BCUT2D eigenvalue weighted by atomic mass is 35.5. The maximum Gasteiger partial charge on any atom is 0.296 e. The number of aliphatic hydroxyl groups is 1. The first-order valence-corrected chi connectivity index (χ1v) is 12.8. The van der Waals surface area contributed by atoms with Gasteiger partial charge in [-0.15, -0.1) is 0 Å². The summed E-state index contributed by atoms with van der Waals surface area (Å²) < 4.78 is 17.8. The van der Waals surface area contributed by atoms with Crippen LogP contribution in [-0.2, 0) is 4.79 Å². The summed E-state index contributed by atoms with van der Waals surface area (Å²) in [6.45, 7) is 6.24. The van der Waals surface area contributed by atoms with E-state index in [0.717, 1.165) is 4.70 Å². The van der Waals surface area contributed by atoms with Crippen molar-refractivity contribution < 1.29 is 28.6 Å². The van der Waals surface area contributed by atoms with E-state index in [1.165, 1.54) is 22.3 Å². The number of ketones is 1. The largest absolute Gasteiger partial charge is 0.503 e. The number of aryl methyl sites for hydroxylation is 1. The fourth-order valence-electron chi connectivity index (χ4n) is 4.27. The number of aromatic nitrogens is 1. The van der Waals surface area contributed by atoms with Crippen LogP contribution in [0.5, 0.6) is 11.5 Å². The number of hydrogen-bond donors (Lipinski definition) is 1. The third-order valence-corrected chi connectivity index (χ3v) is 7.10. The number of Topliss-reactive ketones (excluding diaryl/α,β-unsaturated/α-hetero) is 1. The molecule has 5 rings (SSSR count). The maximum absolute atomic E-state index is 13.6. The van der Waals surface area contributed by atoms with Crippen LogP contribution < -0.4 is 14.4 Å². The Morgan fingerprint density at radius 3 is 2.57 bits per heavy atom. The molecular weight excluding hydrogens is 516 g/mol. The molecule has 1 aliphatic heterocycles. The lowest BCUT2D eigenvalue weighted by Crippen LogP contribution is -2.31. The van der Waals surface area contributed by atoms with Crippen LogP contribution in [0.2, 0.25) is 5.02 Å². The Bertz CT molecular complexity index is 1560. The Morgan fingerprint density at radius 2 is 1.86 bits per heavy atom. The number of anilines is 1. The van der Waals surface area contributed by atoms with Gasteiger partial charge in [0.2, 0.25) is 5.78 Å². The molecule has 1 N–H and O–H groups in total. The number of furan rings is 1. The van der Waals surface area contributed by atoms with E-state index in [2.05, 4.69) is 4.98 Å². The average molecular weight is 539 g/mol. The second-order valence-corrected chi connectivity index (χ2v) is 9.71. The molecule has 2 aromatic carbocycles. The third-order valence-electron chi connectivity index (χ3n) is 5.85. The first-order chi connectivity index (χ1) is 17.8. The zero-order valence-electron chi connectivity index (χ0n) is 20.3. The summed E-state index contributed by atoms with van der Waals surface area (Å²) in [6, 6.07) is 12.6. The minimum absolute atomic E-state index is 0.0192. The number of aliphatic hydroxyl groups excluding tert-OH is 1. The van der Waals surface area contributed by atoms with Gasteiger partial charge in [-0.05, 0) is 68.8 Å². The minimum Gasteiger partial charge on any atom is -0.503 e. The molecule has 0 radical (unpaired) electrons. The Hall–Kier alpha value is -3.82. The molecule has 190 valence electrons. The molecule has 4 aromatic rings. The molecule has 0 aliphatic carbocycles. The van der Waals surface area contributed by atoms with E-state index in [4.69, 9.17) is 25.5 Å². The fourth-order valence-corrected chi connectivity index (χ4v) is 5.53. The van der Waals surface area contributed by atoms with Gasteiger partial charge in [0.05, 0.1) is 35.0 Å². The van der Waals surface area contributed by atoms with Crippen LogP contribution in [-0.4, -0.2) is 35.0 Å². The number of fused-ring (bicyclic) bond motifs is 1. The van der Waals surface area contributed by atoms with Crippen molar-refractivity contribution in [1.82, 2.24) is 4.98 Å². The number of rotatable bonds is 8. The highest BCUT2D eigenvalue weighted by Gasteiger charge is 2.46. The topological polar surface area (TPSA) is 102 Å². The van der Waals surface area contributed by atoms with Crippen LogP contribution in [0, 0.1) is 6.92 Å². The lowest BCUT2D eigenvalue weighted by Gasteiger charge is -2.25. The van der Waals surface area contributed by atoms with E-state index >= 15 is 0 Å². The van der Waals surface area contributed by atoms with Gasteiger partial charge in [0.1, 0.15) is 5.76 Å². The van der Waals surface area contributed by atoms with Gasteiger partial charge in [-0.1, -0.05) is 29.0 Å². The Balaban J connectivity index is 1.69. The van der Waals surface area contributed by atoms with Gasteiger partial charge in [-0.25, -0.2) is 4.98 Å². The number of halogens is 1. The smallest absolute Gasteiger partial charge is 0.296 e. The van der Waals surface area contributed by atoms with Gasteiger partial charge in [0.25, 0.3) is 5.91 Å². The van der Waals surface area contributed by atoms with E-state index in [1.807, 2.05) is 13.8 Å². The number of thiazole rings is 1. The number of amides is 1. The molecule has 0 saturated carbocycles. The Labute approximate surface area is 221 Å². The highest BCUT2D eigenvalue weighted by Crippen LogP contribution is 2.46. The first-order valence-electron chi connectivity index (χ1n) is 11.7. The lowest BCUT2D eigenvalue weighted by molar-refractivity contribution is -0.117. The predicted octanol–water partition coefficient (Wildman–Crippen LogP) is 6.43. The highest BCUT2D eigenvalue weighted by molar-refractivity contribution is 7.22. The summed E-state index contributed by atoms with van der Waals surface area (Å²) >= 11 is 7.39. The number of ether oxygens (including phenoxy) is 2. The molecule has 2 aromatic heterocycles. The van der Waals surface area contributed by atoms with E-state index in [-0.39, 0.29) is 11.3 Å². The summed E-state index contributed by atoms with van der Waals surface area (Å²) in [4.78, 5) is 33.0. The molecule has 0 fully saturated rings. The first kappa shape index (κ1) is 24.9. The summed E-state index contributed by atoms with van der Waals surface area (Å²) in [5.74, 6) is -0.461. The zero-order valence-corrected chi connectivity index (χ0v) is 21.9. The number of carbonyl (C=O) groups is 2. The van der Waals surface area contributed by atoms with Gasteiger partial charge < -0.3 is 19.0 Å². The zero-order chi connectivity index (χ0) is 26.3. The summed E-state index contributed by atoms with van der Waals surface area (Å²) in [7, 11) is 0. The molecule has 1 atom stereocenters. The van der Waals surface area contributed by atoms with E-state index in [1.54, 1.807) is 49.4 Å². The quantitative estimate of drug-likeness (QED) is 0.258. The van der Waals surface area contributed by atoms with E-state index in [9.17, 15) is 14.7 Å². The summed E-state index contributed by atoms with van der Waals surface area (Å²) in [6.07, 6.45) is 0. The van der Waals surface area contributed by atoms with Crippen LogP contribution in [0.15, 0.2) is 64.3 Å². The van der Waals surface area contributed by atoms with Gasteiger partial charge in [0, 0.05) is 5.02 Å². The molecule has 0 bridgehead atoms. The second-order valence-electron chi connectivity index (χ2n) is 8.26. The van der Waals surface area contributed by atoms with Gasteiger partial charge >= 0.3 is 0 Å². The Kier molecular flexibility index (Phi) is 6.66. The predicted molar refractivity (Wildman–Crippen MR) is 141 cm³/mol. The normalized spacial score (nSPS) is 15.6. The van der Waals surface area contributed by atoms with Crippen molar-refractivity contribution in [3.8, 4) is 11.5 Å². The van der Waals surface area contributed by atoms with Crippen molar-refractivity contribution in [3.05, 3.63) is 82.0 Å². The molecule has 10 heteroatoms. The lowest BCUT2D eigenvalue weighted by atomic mass is 9.95. The molecule has 0 spiro atoms. The summed E-state index contributed by atoms with van der Waals surface area (Å²) in [5.41, 5.74) is 1.06. The van der Waals surface area contributed by atoms with Crippen molar-refractivity contribution in [2.75, 3.05) is 18.1 Å². The molecule has 37 heavy (non-hydrogen) atoms. The van der Waals surface area contributed by atoms with Crippen LogP contribution >= 0.6 is 22.9 Å². The van der Waals surface area contributed by atoms with Gasteiger partial charge in [-0.2, -0.15) is 0 Å². The van der Waals surface area contributed by atoms with Crippen molar-refractivity contribution in [1.29, 1.82) is 0 Å². The monoisotopic (exact) mass is 538 g/mol.